The van der Waals surface area contributed by atoms with Crippen molar-refractivity contribution in [1.82, 2.24) is 0 Å². The van der Waals surface area contributed by atoms with Crippen LogP contribution in [0, 0.1) is 0 Å². The zero-order chi connectivity index (χ0) is 37.0. The number of hydrogen-bond donors (Lipinski definition) is 3. The Hall–Kier alpha value is -1.55. The van der Waals surface area contributed by atoms with Crippen LogP contribution in [0.1, 0.15) is 174 Å². The fraction of sp³-hybridized carbons (Fsp3) is 0.846. The molecule has 0 aromatic heterocycles. The maximum atomic E-state index is 12.6. The number of ether oxygens (including phenoxy) is 2. The predicted octanol–water partition coefficient (Wildman–Crippen LogP) is 9.83. The summed E-state index contributed by atoms with van der Waals surface area (Å²) in [5.74, 6) is -0.944. The second-order valence-electron chi connectivity index (χ2n) is 13.3. The van der Waals surface area contributed by atoms with Crippen molar-refractivity contribution < 1.29 is 47.8 Å². The Bertz CT molecular complexity index is 894. The Morgan fingerprint density at radius 3 is 1.48 bits per heavy atom. The minimum Gasteiger partial charge on any atom is -0.462 e. The summed E-state index contributed by atoms with van der Waals surface area (Å²) < 4.78 is 32.6. The first-order valence-corrected chi connectivity index (χ1v) is 21.3. The van der Waals surface area contributed by atoms with Crippen LogP contribution in [0.3, 0.4) is 0 Å². The lowest BCUT2D eigenvalue weighted by Crippen LogP contribution is -2.29. The highest BCUT2D eigenvalue weighted by Crippen LogP contribution is 2.43. The van der Waals surface area contributed by atoms with Gasteiger partial charge >= 0.3 is 19.8 Å². The molecule has 1 unspecified atom stereocenters. The van der Waals surface area contributed by atoms with Gasteiger partial charge in [-0.3, -0.25) is 18.6 Å². The quantitative estimate of drug-likeness (QED) is 0.0244. The second kappa shape index (κ2) is 35.8. The summed E-state index contributed by atoms with van der Waals surface area (Å²) >= 11 is 0. The molecule has 11 heteroatoms. The van der Waals surface area contributed by atoms with E-state index >= 15 is 0 Å². The third-order valence-electron chi connectivity index (χ3n) is 8.33. The summed E-state index contributed by atoms with van der Waals surface area (Å²) in [7, 11) is -4.61. The Balaban J connectivity index is 4.37. The molecule has 0 saturated carbocycles. The van der Waals surface area contributed by atoms with Crippen molar-refractivity contribution in [3.63, 3.8) is 0 Å². The first-order chi connectivity index (χ1) is 24.2. The molecule has 0 aromatic rings. The van der Waals surface area contributed by atoms with Crippen LogP contribution < -0.4 is 0 Å². The fourth-order valence-corrected chi connectivity index (χ4v) is 6.01. The van der Waals surface area contributed by atoms with Gasteiger partial charge in [-0.05, 0) is 64.2 Å². The zero-order valence-corrected chi connectivity index (χ0v) is 32.5. The average molecular weight is 733 g/mol. The molecule has 0 aliphatic heterocycles. The number of hydrogen-bond acceptors (Lipinski definition) is 9. The topological polar surface area (TPSA) is 149 Å². The van der Waals surface area contributed by atoms with Gasteiger partial charge in [0.25, 0.3) is 0 Å². The summed E-state index contributed by atoms with van der Waals surface area (Å²) in [6.45, 7) is 2.32. The highest BCUT2D eigenvalue weighted by Gasteiger charge is 2.27. The largest absolute Gasteiger partial charge is 0.472 e. The normalized spacial score (nSPS) is 14.3. The van der Waals surface area contributed by atoms with Gasteiger partial charge in [0.2, 0.25) is 0 Å². The number of phosphoric ester groups is 1. The first kappa shape index (κ1) is 48.5. The van der Waals surface area contributed by atoms with Crippen LogP contribution in [-0.4, -0.2) is 65.7 Å². The smallest absolute Gasteiger partial charge is 0.462 e. The van der Waals surface area contributed by atoms with Crippen molar-refractivity contribution >= 4 is 19.8 Å². The molecule has 50 heavy (non-hydrogen) atoms. The molecule has 0 amide bonds. The number of rotatable bonds is 37. The van der Waals surface area contributed by atoms with Crippen LogP contribution in [0.4, 0.5) is 0 Å². The van der Waals surface area contributed by atoms with Gasteiger partial charge in [0.1, 0.15) is 12.7 Å². The van der Waals surface area contributed by atoms with Crippen molar-refractivity contribution in [2.45, 2.75) is 187 Å². The maximum Gasteiger partial charge on any atom is 0.472 e. The van der Waals surface area contributed by atoms with Crippen molar-refractivity contribution in [2.75, 3.05) is 26.4 Å². The Morgan fingerprint density at radius 1 is 0.580 bits per heavy atom. The van der Waals surface area contributed by atoms with E-state index in [1.165, 1.54) is 57.8 Å². The molecule has 3 atom stereocenters. The lowest BCUT2D eigenvalue weighted by Gasteiger charge is -2.20. The lowest BCUT2D eigenvalue weighted by atomic mass is 10.1. The van der Waals surface area contributed by atoms with Crippen LogP contribution in [0.15, 0.2) is 24.3 Å². The number of phosphoric acid groups is 1. The highest BCUT2D eigenvalue weighted by atomic mass is 31.2. The van der Waals surface area contributed by atoms with E-state index in [0.717, 1.165) is 77.0 Å². The van der Waals surface area contributed by atoms with Crippen LogP contribution in [-0.2, 0) is 32.7 Å². The molecule has 0 spiro atoms. The molecular weight excluding hydrogens is 659 g/mol. The van der Waals surface area contributed by atoms with Gasteiger partial charge < -0.3 is 24.6 Å². The van der Waals surface area contributed by atoms with Gasteiger partial charge in [-0.15, -0.1) is 0 Å². The number of carbonyl (C=O) groups excluding carboxylic acids is 2. The van der Waals surface area contributed by atoms with E-state index in [1.54, 1.807) is 0 Å². The molecule has 0 aliphatic carbocycles. The first-order valence-electron chi connectivity index (χ1n) is 19.8. The monoisotopic (exact) mass is 732 g/mol. The molecule has 0 fully saturated rings. The van der Waals surface area contributed by atoms with Crippen LogP contribution in [0.25, 0.3) is 0 Å². The molecule has 0 rings (SSSR count). The number of allylic oxidation sites excluding steroid dienone is 4. The predicted molar refractivity (Wildman–Crippen MR) is 201 cm³/mol. The number of unbranched alkanes of at least 4 members (excludes halogenated alkanes) is 19. The standard InChI is InChI=1S/C39H73O10P/c1-3-5-7-9-11-13-15-17-18-19-21-23-25-27-29-31-39(43)49-37(35-48-50(44,45)47-33-36(41)32-40)34-46-38(42)30-28-26-24-22-20-16-14-12-10-8-6-4-2/h12,14,17-18,36-37,40-41H,3-11,13,15-16,19-35H2,1-2H3,(H,44,45)/b14-12+,18-17+/t36-,37+/m0/s1. The van der Waals surface area contributed by atoms with Crippen LogP contribution in [0.2, 0.25) is 0 Å². The number of carbonyl (C=O) groups is 2. The van der Waals surface area contributed by atoms with E-state index in [9.17, 15) is 24.2 Å². The fourth-order valence-electron chi connectivity index (χ4n) is 5.22. The summed E-state index contributed by atoms with van der Waals surface area (Å²) in [6.07, 6.45) is 32.9. The summed E-state index contributed by atoms with van der Waals surface area (Å²) in [6, 6.07) is 0. The second-order valence-corrected chi connectivity index (χ2v) is 14.8. The Labute approximate surface area is 304 Å². The maximum absolute atomic E-state index is 12.6. The van der Waals surface area contributed by atoms with Crippen molar-refractivity contribution in [3.8, 4) is 0 Å². The molecule has 294 valence electrons. The molecule has 0 radical (unpaired) electrons. The molecule has 0 aliphatic rings. The van der Waals surface area contributed by atoms with E-state index in [2.05, 4.69) is 42.7 Å². The van der Waals surface area contributed by atoms with Gasteiger partial charge in [-0.25, -0.2) is 4.57 Å². The minimum atomic E-state index is -4.61. The zero-order valence-electron chi connectivity index (χ0n) is 31.6. The molecule has 0 aromatic carbocycles. The summed E-state index contributed by atoms with van der Waals surface area (Å²) in [5.41, 5.74) is 0. The number of aliphatic hydroxyl groups is 2. The summed E-state index contributed by atoms with van der Waals surface area (Å²) in [5, 5.41) is 18.3. The molecule has 3 N–H and O–H groups in total. The van der Waals surface area contributed by atoms with E-state index in [-0.39, 0.29) is 19.4 Å². The number of esters is 2. The molecule has 10 nitrogen and oxygen atoms in total. The van der Waals surface area contributed by atoms with Crippen molar-refractivity contribution in [2.24, 2.45) is 0 Å². The van der Waals surface area contributed by atoms with Gasteiger partial charge in [0.15, 0.2) is 6.10 Å². The van der Waals surface area contributed by atoms with E-state index in [1.807, 2.05) is 0 Å². The van der Waals surface area contributed by atoms with Gasteiger partial charge in [0.05, 0.1) is 19.8 Å². The molecule has 0 heterocycles. The molecular formula is C39H73O10P. The van der Waals surface area contributed by atoms with Crippen LogP contribution >= 0.6 is 7.82 Å². The number of aliphatic hydroxyl groups excluding tert-OH is 2. The van der Waals surface area contributed by atoms with E-state index in [0.29, 0.717) is 12.8 Å². The van der Waals surface area contributed by atoms with E-state index < -0.39 is 51.8 Å². The third kappa shape index (κ3) is 34.9. The van der Waals surface area contributed by atoms with Crippen molar-refractivity contribution in [3.05, 3.63) is 24.3 Å². The summed E-state index contributed by atoms with van der Waals surface area (Å²) in [4.78, 5) is 34.8. The molecule has 0 saturated heterocycles. The van der Waals surface area contributed by atoms with Gasteiger partial charge in [0, 0.05) is 12.8 Å². The lowest BCUT2D eigenvalue weighted by molar-refractivity contribution is -0.161. The van der Waals surface area contributed by atoms with Gasteiger partial charge in [-0.1, -0.05) is 122 Å². The average Bonchev–Trinajstić information content (AvgIpc) is 3.10. The molecule has 0 bridgehead atoms. The van der Waals surface area contributed by atoms with E-state index in [4.69, 9.17) is 19.1 Å². The Morgan fingerprint density at radius 2 is 0.980 bits per heavy atom. The van der Waals surface area contributed by atoms with Crippen LogP contribution in [0.5, 0.6) is 0 Å². The third-order valence-corrected chi connectivity index (χ3v) is 9.28. The van der Waals surface area contributed by atoms with Crippen molar-refractivity contribution in [1.29, 1.82) is 0 Å². The Kier molecular flexibility index (Phi) is 34.7. The minimum absolute atomic E-state index is 0.174. The van der Waals surface area contributed by atoms with Gasteiger partial charge in [-0.2, -0.15) is 0 Å². The SMILES string of the molecule is CCCCC/C=C/CCCCCCCC(=O)OC[C@H](COP(=O)(O)OC[C@@H](O)CO)OC(=O)CCCCCCC/C=C/CCCCCCCC. The highest BCUT2D eigenvalue weighted by molar-refractivity contribution is 7.47.